The standard InChI is InChI=1S/C8H8N6OS/c9-13-6-3-5(1-2-10-6)7(15)12-8-14-11-4-16-8/h1-4H,9H2,(H,10,13)(H,12,14,15). The van der Waals surface area contributed by atoms with E-state index in [-0.39, 0.29) is 5.91 Å². The highest BCUT2D eigenvalue weighted by molar-refractivity contribution is 7.13. The number of carbonyl (C=O) groups excluding carboxylic acids is 1. The van der Waals surface area contributed by atoms with Crippen molar-refractivity contribution in [3.8, 4) is 0 Å². The van der Waals surface area contributed by atoms with E-state index in [1.165, 1.54) is 29.1 Å². The number of hydrogen-bond donors (Lipinski definition) is 3. The van der Waals surface area contributed by atoms with Crippen molar-refractivity contribution in [2.45, 2.75) is 0 Å². The van der Waals surface area contributed by atoms with Gasteiger partial charge in [-0.05, 0) is 12.1 Å². The molecule has 2 aromatic rings. The number of nitrogens with two attached hydrogens (primary N) is 1. The molecule has 0 atom stereocenters. The summed E-state index contributed by atoms with van der Waals surface area (Å²) in [4.78, 5) is 15.6. The third kappa shape index (κ3) is 2.30. The van der Waals surface area contributed by atoms with E-state index in [0.29, 0.717) is 16.5 Å². The lowest BCUT2D eigenvalue weighted by molar-refractivity contribution is 0.102. The number of nitrogens with zero attached hydrogens (tertiary/aromatic N) is 3. The van der Waals surface area contributed by atoms with Crippen molar-refractivity contribution < 1.29 is 4.79 Å². The molecule has 2 heterocycles. The van der Waals surface area contributed by atoms with Gasteiger partial charge in [0, 0.05) is 11.8 Å². The van der Waals surface area contributed by atoms with Gasteiger partial charge in [0.1, 0.15) is 11.3 Å². The first-order valence-corrected chi connectivity index (χ1v) is 5.18. The molecule has 0 aliphatic rings. The zero-order chi connectivity index (χ0) is 11.4. The van der Waals surface area contributed by atoms with Crippen LogP contribution in [0.5, 0.6) is 0 Å². The number of hydrogen-bond acceptors (Lipinski definition) is 7. The molecule has 0 unspecified atom stereocenters. The van der Waals surface area contributed by atoms with E-state index in [9.17, 15) is 4.79 Å². The minimum absolute atomic E-state index is 0.282. The van der Waals surface area contributed by atoms with E-state index in [1.807, 2.05) is 0 Å². The summed E-state index contributed by atoms with van der Waals surface area (Å²) in [5.41, 5.74) is 4.34. The van der Waals surface area contributed by atoms with Gasteiger partial charge in [-0.1, -0.05) is 11.3 Å². The normalized spacial score (nSPS) is 9.81. The maximum atomic E-state index is 11.7. The number of carbonyl (C=O) groups is 1. The Labute approximate surface area is 94.7 Å². The molecule has 16 heavy (non-hydrogen) atoms. The number of pyridine rings is 1. The molecule has 0 spiro atoms. The third-order valence-corrected chi connectivity index (χ3v) is 2.36. The van der Waals surface area contributed by atoms with Crippen molar-refractivity contribution in [3.05, 3.63) is 29.4 Å². The van der Waals surface area contributed by atoms with Crippen LogP contribution in [0.15, 0.2) is 23.8 Å². The van der Waals surface area contributed by atoms with Crippen molar-refractivity contribution in [2.75, 3.05) is 10.7 Å². The summed E-state index contributed by atoms with van der Waals surface area (Å²) >= 11 is 1.25. The summed E-state index contributed by atoms with van der Waals surface area (Å²) in [5, 5.41) is 10.4. The molecular weight excluding hydrogens is 228 g/mol. The number of rotatable bonds is 3. The summed E-state index contributed by atoms with van der Waals surface area (Å²) in [7, 11) is 0. The molecule has 1 amide bonds. The first-order valence-electron chi connectivity index (χ1n) is 4.30. The largest absolute Gasteiger partial charge is 0.308 e. The molecule has 82 valence electrons. The zero-order valence-corrected chi connectivity index (χ0v) is 8.86. The molecule has 8 heteroatoms. The van der Waals surface area contributed by atoms with E-state index in [1.54, 1.807) is 6.07 Å². The molecule has 0 bridgehead atoms. The van der Waals surface area contributed by atoms with Gasteiger partial charge in [0.2, 0.25) is 5.13 Å². The lowest BCUT2D eigenvalue weighted by atomic mass is 10.2. The van der Waals surface area contributed by atoms with Crippen LogP contribution in [0.4, 0.5) is 10.9 Å². The monoisotopic (exact) mass is 236 g/mol. The van der Waals surface area contributed by atoms with Gasteiger partial charge in [-0.3, -0.25) is 10.1 Å². The van der Waals surface area contributed by atoms with Crippen LogP contribution in [-0.4, -0.2) is 21.1 Å². The lowest BCUT2D eigenvalue weighted by Crippen LogP contribution is -2.14. The summed E-state index contributed by atoms with van der Waals surface area (Å²) < 4.78 is 0. The van der Waals surface area contributed by atoms with Gasteiger partial charge in [0.25, 0.3) is 5.91 Å². The van der Waals surface area contributed by atoms with E-state index < -0.39 is 0 Å². The first kappa shape index (κ1) is 10.5. The topological polar surface area (TPSA) is 106 Å². The van der Waals surface area contributed by atoms with Crippen molar-refractivity contribution in [3.63, 3.8) is 0 Å². The van der Waals surface area contributed by atoms with Crippen LogP contribution in [0.3, 0.4) is 0 Å². The number of anilines is 2. The average Bonchev–Trinajstić information content (AvgIpc) is 2.82. The highest BCUT2D eigenvalue weighted by Crippen LogP contribution is 2.11. The molecule has 4 N–H and O–H groups in total. The molecule has 0 fully saturated rings. The van der Waals surface area contributed by atoms with Gasteiger partial charge in [-0.2, -0.15) is 0 Å². The quantitative estimate of drug-likeness (QED) is 0.528. The zero-order valence-electron chi connectivity index (χ0n) is 8.04. The third-order valence-electron chi connectivity index (χ3n) is 1.75. The SMILES string of the molecule is NNc1cc(C(=O)Nc2nncs2)ccn1. The Balaban J connectivity index is 2.14. The minimum atomic E-state index is -0.282. The Morgan fingerprint density at radius 1 is 1.50 bits per heavy atom. The van der Waals surface area contributed by atoms with E-state index in [2.05, 4.69) is 25.9 Å². The Morgan fingerprint density at radius 2 is 2.38 bits per heavy atom. The van der Waals surface area contributed by atoms with E-state index in [0.717, 1.165) is 0 Å². The summed E-state index contributed by atoms with van der Waals surface area (Å²) in [6.07, 6.45) is 1.49. The van der Waals surface area contributed by atoms with Gasteiger partial charge in [-0.25, -0.2) is 10.8 Å². The predicted molar refractivity (Wildman–Crippen MR) is 59.9 cm³/mol. The fourth-order valence-corrected chi connectivity index (χ4v) is 1.49. The van der Waals surface area contributed by atoms with Gasteiger partial charge >= 0.3 is 0 Å². The van der Waals surface area contributed by atoms with Crippen LogP contribution in [-0.2, 0) is 0 Å². The van der Waals surface area contributed by atoms with Crippen LogP contribution < -0.4 is 16.6 Å². The van der Waals surface area contributed by atoms with E-state index >= 15 is 0 Å². The van der Waals surface area contributed by atoms with Crippen molar-refractivity contribution >= 4 is 28.2 Å². The van der Waals surface area contributed by atoms with Gasteiger partial charge in [0.05, 0.1) is 0 Å². The molecule has 0 aliphatic carbocycles. The highest BCUT2D eigenvalue weighted by Gasteiger charge is 2.08. The summed E-state index contributed by atoms with van der Waals surface area (Å²) in [5.74, 6) is 5.33. The molecule has 0 radical (unpaired) electrons. The molecular formula is C8H8N6OS. The number of hydrazine groups is 1. The fourth-order valence-electron chi connectivity index (χ4n) is 1.05. The average molecular weight is 236 g/mol. The number of nitrogens with one attached hydrogen (secondary N) is 2. The Kier molecular flexibility index (Phi) is 3.03. The minimum Gasteiger partial charge on any atom is -0.308 e. The Morgan fingerprint density at radius 3 is 3.06 bits per heavy atom. The van der Waals surface area contributed by atoms with Crippen molar-refractivity contribution in [1.82, 2.24) is 15.2 Å². The molecule has 7 nitrogen and oxygen atoms in total. The van der Waals surface area contributed by atoms with Crippen LogP contribution in [0, 0.1) is 0 Å². The Hall–Kier alpha value is -2.06. The predicted octanol–water partition coefficient (Wildman–Crippen LogP) is 0.471. The van der Waals surface area contributed by atoms with Crippen LogP contribution in [0.2, 0.25) is 0 Å². The van der Waals surface area contributed by atoms with Crippen molar-refractivity contribution in [1.29, 1.82) is 0 Å². The number of aromatic nitrogens is 3. The molecule has 0 aliphatic heterocycles. The van der Waals surface area contributed by atoms with Gasteiger partial charge in [0.15, 0.2) is 0 Å². The second-order valence-corrected chi connectivity index (χ2v) is 3.61. The van der Waals surface area contributed by atoms with Crippen LogP contribution in [0.1, 0.15) is 10.4 Å². The maximum absolute atomic E-state index is 11.7. The van der Waals surface area contributed by atoms with E-state index in [4.69, 9.17) is 5.84 Å². The lowest BCUT2D eigenvalue weighted by Gasteiger charge is -2.03. The molecule has 2 aromatic heterocycles. The van der Waals surface area contributed by atoms with Crippen molar-refractivity contribution in [2.24, 2.45) is 5.84 Å². The Bertz CT molecular complexity index is 485. The fraction of sp³-hybridized carbons (Fsp3) is 0. The molecule has 0 saturated heterocycles. The van der Waals surface area contributed by atoms with Gasteiger partial charge < -0.3 is 5.43 Å². The second kappa shape index (κ2) is 4.64. The summed E-state index contributed by atoms with van der Waals surface area (Å²) in [6, 6.07) is 3.12. The first-order chi connectivity index (χ1) is 7.79. The maximum Gasteiger partial charge on any atom is 0.257 e. The molecule has 0 saturated carbocycles. The smallest absolute Gasteiger partial charge is 0.257 e. The van der Waals surface area contributed by atoms with Gasteiger partial charge in [-0.15, -0.1) is 10.2 Å². The number of amides is 1. The van der Waals surface area contributed by atoms with Crippen LogP contribution in [0.25, 0.3) is 0 Å². The van der Waals surface area contributed by atoms with Crippen LogP contribution >= 0.6 is 11.3 Å². The molecule has 2 rings (SSSR count). The summed E-state index contributed by atoms with van der Waals surface area (Å²) in [6.45, 7) is 0. The highest BCUT2D eigenvalue weighted by atomic mass is 32.1. The number of nitrogen functional groups attached to an aromatic ring is 1. The second-order valence-electron chi connectivity index (χ2n) is 2.77. The molecule has 0 aromatic carbocycles.